The number of benzene rings is 2. The molecule has 0 amide bonds. The molecule has 0 fully saturated rings. The number of hydrogen-bond acceptors (Lipinski definition) is 2. The molecule has 17 heavy (non-hydrogen) atoms. The number of aryl methyl sites for hydroxylation is 2. The maximum atomic E-state index is 11.0. The average molecular weight is 268 g/mol. The maximum absolute atomic E-state index is 11.0. The topological polar surface area (TPSA) is 43.1 Å². The van der Waals surface area contributed by atoms with Gasteiger partial charge in [-0.05, 0) is 29.9 Å². The van der Waals surface area contributed by atoms with Crippen LogP contribution in [0.2, 0.25) is 10.0 Å². The van der Waals surface area contributed by atoms with Crippen LogP contribution in [-0.2, 0) is 12.8 Å². The molecule has 0 aromatic heterocycles. The molecule has 2 aromatic carbocycles. The molecule has 0 heterocycles. The quantitative estimate of drug-likeness (QED) is 0.575. The van der Waals surface area contributed by atoms with Crippen LogP contribution < -0.4 is 0 Å². The second-order valence-electron chi connectivity index (χ2n) is 4.07. The van der Waals surface area contributed by atoms with Gasteiger partial charge in [-0.3, -0.25) is 10.1 Å². The fourth-order valence-electron chi connectivity index (χ4n) is 2.49. The highest BCUT2D eigenvalue weighted by atomic mass is 35.5. The Bertz CT molecular complexity index is 667. The van der Waals surface area contributed by atoms with Crippen LogP contribution in [0.25, 0.3) is 10.8 Å². The highest BCUT2D eigenvalue weighted by Gasteiger charge is 2.26. The highest BCUT2D eigenvalue weighted by molar-refractivity contribution is 6.43. The predicted octanol–water partition coefficient (Wildman–Crippen LogP) is 4.15. The third kappa shape index (κ3) is 1.43. The smallest absolute Gasteiger partial charge is 0.258 e. The Labute approximate surface area is 107 Å². The van der Waals surface area contributed by atoms with Gasteiger partial charge in [0.2, 0.25) is 0 Å². The molecule has 0 bridgehead atoms. The first kappa shape index (κ1) is 10.8. The summed E-state index contributed by atoms with van der Waals surface area (Å²) in [5, 5.41) is 13.5. The van der Waals surface area contributed by atoms with E-state index in [0.29, 0.717) is 16.5 Å². The van der Waals surface area contributed by atoms with Gasteiger partial charge >= 0.3 is 0 Å². The Morgan fingerprint density at radius 3 is 2.59 bits per heavy atom. The molecule has 3 nitrogen and oxygen atoms in total. The summed E-state index contributed by atoms with van der Waals surface area (Å²) in [6.07, 6.45) is 1.49. The monoisotopic (exact) mass is 267 g/mol. The molecule has 86 valence electrons. The van der Waals surface area contributed by atoms with Crippen molar-refractivity contribution in [3.8, 4) is 0 Å². The number of nitrogens with zero attached hydrogens (tertiary/aromatic N) is 1. The van der Waals surface area contributed by atoms with Crippen LogP contribution in [0.4, 0.5) is 5.69 Å². The fraction of sp³-hybridized carbons (Fsp3) is 0.167. The lowest BCUT2D eigenvalue weighted by atomic mass is 10.0. The van der Waals surface area contributed by atoms with E-state index in [1.54, 1.807) is 6.07 Å². The van der Waals surface area contributed by atoms with Crippen molar-refractivity contribution in [1.82, 2.24) is 0 Å². The molecule has 0 aliphatic heterocycles. The van der Waals surface area contributed by atoms with Gasteiger partial charge in [-0.2, -0.15) is 0 Å². The van der Waals surface area contributed by atoms with Crippen LogP contribution in [0.15, 0.2) is 18.2 Å². The normalized spacial score (nSPS) is 13.3. The van der Waals surface area contributed by atoms with Gasteiger partial charge in [0.1, 0.15) is 0 Å². The van der Waals surface area contributed by atoms with E-state index in [2.05, 4.69) is 0 Å². The third-order valence-electron chi connectivity index (χ3n) is 3.20. The third-order valence-corrected chi connectivity index (χ3v) is 3.81. The van der Waals surface area contributed by atoms with Crippen LogP contribution in [0.3, 0.4) is 0 Å². The van der Waals surface area contributed by atoms with Crippen LogP contribution in [0.1, 0.15) is 11.1 Å². The minimum Gasteiger partial charge on any atom is -0.258 e. The van der Waals surface area contributed by atoms with Gasteiger partial charge in [-0.15, -0.1) is 0 Å². The van der Waals surface area contributed by atoms with Gasteiger partial charge in [0.05, 0.1) is 9.95 Å². The van der Waals surface area contributed by atoms with E-state index in [0.717, 1.165) is 28.3 Å². The molecule has 3 rings (SSSR count). The Hall–Kier alpha value is -1.32. The van der Waals surface area contributed by atoms with E-state index in [9.17, 15) is 10.1 Å². The predicted molar refractivity (Wildman–Crippen MR) is 68.0 cm³/mol. The molecule has 5 heteroatoms. The Balaban J connectivity index is 2.54. The molecule has 0 saturated carbocycles. The zero-order chi connectivity index (χ0) is 12.2. The second kappa shape index (κ2) is 3.59. The van der Waals surface area contributed by atoms with Crippen LogP contribution in [-0.4, -0.2) is 4.92 Å². The van der Waals surface area contributed by atoms with Crippen molar-refractivity contribution in [2.24, 2.45) is 0 Å². The summed E-state index contributed by atoms with van der Waals surface area (Å²) < 4.78 is 0. The first-order valence-electron chi connectivity index (χ1n) is 5.16. The van der Waals surface area contributed by atoms with Gasteiger partial charge in [0, 0.05) is 22.0 Å². The summed E-state index contributed by atoms with van der Waals surface area (Å²) in [4.78, 5) is 10.6. The summed E-state index contributed by atoms with van der Waals surface area (Å²) in [6.45, 7) is 0. The minimum absolute atomic E-state index is 0.100. The zero-order valence-corrected chi connectivity index (χ0v) is 10.2. The van der Waals surface area contributed by atoms with E-state index in [-0.39, 0.29) is 10.6 Å². The largest absolute Gasteiger partial charge is 0.274 e. The van der Waals surface area contributed by atoms with Crippen molar-refractivity contribution < 1.29 is 4.92 Å². The first-order chi connectivity index (χ1) is 8.09. The summed E-state index contributed by atoms with van der Waals surface area (Å²) in [6, 6.07) is 5.12. The molecule has 0 atom stereocenters. The van der Waals surface area contributed by atoms with Gasteiger partial charge in [-0.1, -0.05) is 29.3 Å². The van der Waals surface area contributed by atoms with Gasteiger partial charge in [-0.25, -0.2) is 0 Å². The van der Waals surface area contributed by atoms with Gasteiger partial charge in [0.25, 0.3) is 5.69 Å². The van der Waals surface area contributed by atoms with Crippen LogP contribution in [0.5, 0.6) is 0 Å². The van der Waals surface area contributed by atoms with E-state index >= 15 is 0 Å². The van der Waals surface area contributed by atoms with Gasteiger partial charge < -0.3 is 0 Å². The van der Waals surface area contributed by atoms with Crippen molar-refractivity contribution in [2.45, 2.75) is 12.8 Å². The number of rotatable bonds is 1. The molecular weight excluding hydrogens is 261 g/mol. The van der Waals surface area contributed by atoms with Crippen molar-refractivity contribution in [3.05, 3.63) is 49.5 Å². The Morgan fingerprint density at radius 2 is 1.88 bits per heavy atom. The molecule has 0 spiro atoms. The van der Waals surface area contributed by atoms with Crippen LogP contribution >= 0.6 is 23.2 Å². The summed E-state index contributed by atoms with van der Waals surface area (Å²) in [5.41, 5.74) is 1.94. The van der Waals surface area contributed by atoms with Crippen molar-refractivity contribution in [2.75, 3.05) is 0 Å². The number of halogens is 2. The van der Waals surface area contributed by atoms with E-state index in [1.165, 1.54) is 6.07 Å². The minimum atomic E-state index is -0.378. The lowest BCUT2D eigenvalue weighted by Crippen LogP contribution is -1.94. The number of nitro benzene ring substituents is 1. The summed E-state index contributed by atoms with van der Waals surface area (Å²) in [5.74, 6) is 0. The lowest BCUT2D eigenvalue weighted by Gasteiger charge is -2.06. The molecule has 0 radical (unpaired) electrons. The molecule has 0 N–H and O–H groups in total. The SMILES string of the molecule is O=[N+]([O-])c1cc(Cl)c2c(Cl)ccc3c2c1CC3. The molecule has 0 saturated heterocycles. The number of nitro groups is 1. The standard InChI is InChI=1S/C12H7Cl2NO2/c13-8-4-2-6-1-3-7-10(15(16)17)5-9(14)12(8)11(6)7/h2,4-5H,1,3H2. The second-order valence-corrected chi connectivity index (χ2v) is 4.88. The molecule has 1 aliphatic rings. The average Bonchev–Trinajstić information content (AvgIpc) is 2.69. The first-order valence-corrected chi connectivity index (χ1v) is 5.92. The summed E-state index contributed by atoms with van der Waals surface area (Å²) >= 11 is 12.2. The lowest BCUT2D eigenvalue weighted by molar-refractivity contribution is -0.385. The molecule has 0 unspecified atom stereocenters. The summed E-state index contributed by atoms with van der Waals surface area (Å²) in [7, 11) is 0. The van der Waals surface area contributed by atoms with Crippen molar-refractivity contribution >= 4 is 39.7 Å². The van der Waals surface area contributed by atoms with Gasteiger partial charge in [0.15, 0.2) is 0 Å². The highest BCUT2D eigenvalue weighted by Crippen LogP contribution is 2.43. The number of hydrogen-bond donors (Lipinski definition) is 0. The van der Waals surface area contributed by atoms with Crippen LogP contribution in [0, 0.1) is 10.1 Å². The Kier molecular flexibility index (Phi) is 2.28. The van der Waals surface area contributed by atoms with Crippen molar-refractivity contribution in [1.29, 1.82) is 0 Å². The Morgan fingerprint density at radius 1 is 1.12 bits per heavy atom. The molecular formula is C12H7Cl2NO2. The van der Waals surface area contributed by atoms with E-state index in [4.69, 9.17) is 23.2 Å². The molecule has 1 aliphatic carbocycles. The van der Waals surface area contributed by atoms with E-state index < -0.39 is 0 Å². The fourth-order valence-corrected chi connectivity index (χ4v) is 3.10. The zero-order valence-electron chi connectivity index (χ0n) is 8.67. The van der Waals surface area contributed by atoms with Crippen molar-refractivity contribution in [3.63, 3.8) is 0 Å². The van der Waals surface area contributed by atoms with E-state index in [1.807, 2.05) is 6.07 Å². The maximum Gasteiger partial charge on any atom is 0.274 e. The molecule has 2 aromatic rings.